The van der Waals surface area contributed by atoms with Crippen LogP contribution in [0.3, 0.4) is 0 Å². The van der Waals surface area contributed by atoms with Crippen LogP contribution < -0.4 is 4.74 Å². The van der Waals surface area contributed by atoms with Crippen molar-refractivity contribution >= 4 is 35.0 Å². The Morgan fingerprint density at radius 1 is 1.40 bits per heavy atom. The van der Waals surface area contributed by atoms with Crippen molar-refractivity contribution in [2.24, 2.45) is 7.05 Å². The van der Waals surface area contributed by atoms with Gasteiger partial charge < -0.3 is 4.74 Å². The van der Waals surface area contributed by atoms with Gasteiger partial charge in [-0.15, -0.1) is 10.2 Å². The zero-order valence-electron chi connectivity index (χ0n) is 14.4. The summed E-state index contributed by atoms with van der Waals surface area (Å²) in [5, 5.41) is 13.1. The summed E-state index contributed by atoms with van der Waals surface area (Å²) >= 11 is 8.13. The van der Waals surface area contributed by atoms with Gasteiger partial charge in [0.2, 0.25) is 5.88 Å². The highest BCUT2D eigenvalue weighted by Crippen LogP contribution is 2.25. The number of hydrogen-bond donors (Lipinski definition) is 0. The van der Waals surface area contributed by atoms with Crippen molar-refractivity contribution < 1.29 is 9.53 Å². The molecule has 7 nitrogen and oxygen atoms in total. The maximum atomic E-state index is 12.5. The molecule has 0 aliphatic rings. The summed E-state index contributed by atoms with van der Waals surface area (Å²) in [5.41, 5.74) is 1.44. The molecule has 25 heavy (non-hydrogen) atoms. The van der Waals surface area contributed by atoms with E-state index >= 15 is 0 Å². The maximum absolute atomic E-state index is 12.5. The Balaban J connectivity index is 1.88. The monoisotopic (exact) mass is 379 g/mol. The van der Waals surface area contributed by atoms with Crippen LogP contribution in [0.25, 0.3) is 5.65 Å². The van der Waals surface area contributed by atoms with Crippen LogP contribution in [0, 0.1) is 6.92 Å². The second-order valence-corrected chi connectivity index (χ2v) is 7.79. The lowest BCUT2D eigenvalue weighted by atomic mass is 10.2. The first-order chi connectivity index (χ1) is 11.9. The van der Waals surface area contributed by atoms with E-state index < -0.39 is 5.97 Å². The second kappa shape index (κ2) is 7.05. The van der Waals surface area contributed by atoms with Gasteiger partial charge in [0.15, 0.2) is 5.65 Å². The Labute approximate surface area is 154 Å². The lowest BCUT2D eigenvalue weighted by molar-refractivity contribution is 0.0720. The number of ether oxygens (including phenoxy) is 1. The third-order valence-electron chi connectivity index (χ3n) is 3.51. The molecular weight excluding hydrogens is 362 g/mol. The molecule has 0 bridgehead atoms. The molecule has 3 rings (SSSR count). The summed E-state index contributed by atoms with van der Waals surface area (Å²) in [7, 11) is 1.71. The highest BCUT2D eigenvalue weighted by molar-refractivity contribution is 7.99. The number of carbonyl (C=O) groups excluding carboxylic acids is 1. The minimum Gasteiger partial charge on any atom is -0.404 e. The van der Waals surface area contributed by atoms with Crippen molar-refractivity contribution in [2.75, 3.05) is 0 Å². The molecule has 3 aromatic heterocycles. The van der Waals surface area contributed by atoms with E-state index in [1.807, 2.05) is 6.92 Å². The Bertz CT molecular complexity index is 934. The average molecular weight is 380 g/mol. The molecule has 0 unspecified atom stereocenters. The van der Waals surface area contributed by atoms with Crippen molar-refractivity contribution in [3.8, 4) is 5.88 Å². The van der Waals surface area contributed by atoms with Crippen molar-refractivity contribution in [1.82, 2.24) is 24.4 Å². The van der Waals surface area contributed by atoms with Crippen LogP contribution in [0.4, 0.5) is 0 Å². The number of aryl methyl sites for hydroxylation is 2. The first-order valence-electron chi connectivity index (χ1n) is 7.73. The van der Waals surface area contributed by atoms with Crippen LogP contribution >= 0.6 is 23.4 Å². The number of esters is 1. The molecule has 0 N–H and O–H groups in total. The van der Waals surface area contributed by atoms with Gasteiger partial charge in [-0.3, -0.25) is 4.40 Å². The molecule has 0 aliphatic carbocycles. The number of halogens is 1. The van der Waals surface area contributed by atoms with Gasteiger partial charge in [-0.2, -0.15) is 16.9 Å². The van der Waals surface area contributed by atoms with Crippen molar-refractivity contribution in [3.05, 3.63) is 40.4 Å². The fourth-order valence-corrected chi connectivity index (χ4v) is 3.25. The number of fused-ring (bicyclic) bond motifs is 1. The van der Waals surface area contributed by atoms with Gasteiger partial charge in [0, 0.05) is 19.3 Å². The van der Waals surface area contributed by atoms with Crippen molar-refractivity contribution in [1.29, 1.82) is 0 Å². The maximum Gasteiger partial charge on any atom is 0.346 e. The molecule has 0 radical (unpaired) electrons. The van der Waals surface area contributed by atoms with E-state index in [1.165, 1.54) is 4.68 Å². The van der Waals surface area contributed by atoms with E-state index in [4.69, 9.17) is 16.3 Å². The highest BCUT2D eigenvalue weighted by Gasteiger charge is 2.20. The summed E-state index contributed by atoms with van der Waals surface area (Å²) in [6, 6.07) is 3.30. The van der Waals surface area contributed by atoms with Gasteiger partial charge in [0.1, 0.15) is 10.8 Å². The second-order valence-electron chi connectivity index (χ2n) is 5.85. The zero-order chi connectivity index (χ0) is 18.1. The largest absolute Gasteiger partial charge is 0.404 e. The fourth-order valence-electron chi connectivity index (χ4n) is 2.30. The van der Waals surface area contributed by atoms with E-state index in [1.54, 1.807) is 41.5 Å². The van der Waals surface area contributed by atoms with Crippen LogP contribution in [0.5, 0.6) is 5.88 Å². The van der Waals surface area contributed by atoms with E-state index in [9.17, 15) is 4.79 Å². The lowest BCUT2D eigenvalue weighted by Crippen LogP contribution is -2.12. The Kier molecular flexibility index (Phi) is 5.01. The number of aromatic nitrogens is 5. The Hall–Kier alpha value is -2.06. The third-order valence-corrected chi connectivity index (χ3v) is 4.98. The topological polar surface area (TPSA) is 74.3 Å². The van der Waals surface area contributed by atoms with Gasteiger partial charge in [-0.1, -0.05) is 25.4 Å². The highest BCUT2D eigenvalue weighted by atomic mass is 35.5. The Morgan fingerprint density at radius 3 is 2.80 bits per heavy atom. The zero-order valence-corrected chi connectivity index (χ0v) is 15.9. The molecule has 0 saturated heterocycles. The number of carbonyl (C=O) groups is 1. The van der Waals surface area contributed by atoms with Gasteiger partial charge in [-0.05, 0) is 18.2 Å². The summed E-state index contributed by atoms with van der Waals surface area (Å²) in [5.74, 6) is 1.30. The molecule has 0 amide bonds. The number of hydrogen-bond acceptors (Lipinski definition) is 6. The standard InChI is InChI=1S/C16H18ClN5O2S/c1-9(2)25-8-12-18-19-15-14(17)11(5-6-22(12)15)16(23)24-13-7-10(3)20-21(13)4/h5-7,9H,8H2,1-4H3. The third kappa shape index (κ3) is 3.64. The van der Waals surface area contributed by atoms with Crippen LogP contribution in [-0.4, -0.2) is 35.6 Å². The summed E-state index contributed by atoms with van der Waals surface area (Å²) in [6.45, 7) is 6.06. The van der Waals surface area contributed by atoms with Crippen LogP contribution in [0.2, 0.25) is 5.02 Å². The quantitative estimate of drug-likeness (QED) is 0.633. The number of pyridine rings is 1. The molecule has 132 valence electrons. The molecule has 0 fully saturated rings. The van der Waals surface area contributed by atoms with Gasteiger partial charge in [0.25, 0.3) is 0 Å². The first-order valence-corrected chi connectivity index (χ1v) is 9.16. The molecule has 0 atom stereocenters. The lowest BCUT2D eigenvalue weighted by Gasteiger charge is -2.07. The summed E-state index contributed by atoms with van der Waals surface area (Å²) in [4.78, 5) is 12.5. The average Bonchev–Trinajstić information content (AvgIpc) is 3.09. The van der Waals surface area contributed by atoms with E-state index in [0.29, 0.717) is 22.5 Å². The first kappa shape index (κ1) is 17.8. The van der Waals surface area contributed by atoms with Crippen molar-refractivity contribution in [3.63, 3.8) is 0 Å². The van der Waals surface area contributed by atoms with Crippen LogP contribution in [0.15, 0.2) is 18.3 Å². The van der Waals surface area contributed by atoms with E-state index in [2.05, 4.69) is 29.1 Å². The van der Waals surface area contributed by atoms with Crippen LogP contribution in [-0.2, 0) is 12.8 Å². The number of rotatable bonds is 5. The molecular formula is C16H18ClN5O2S. The molecule has 0 saturated carbocycles. The normalized spacial score (nSPS) is 11.4. The predicted molar refractivity (Wildman–Crippen MR) is 97.3 cm³/mol. The molecule has 3 aromatic rings. The number of thioether (sulfide) groups is 1. The molecule has 3 heterocycles. The minimum absolute atomic E-state index is 0.222. The van der Waals surface area contributed by atoms with Gasteiger partial charge in [-0.25, -0.2) is 9.48 Å². The molecule has 0 spiro atoms. The minimum atomic E-state index is -0.559. The van der Waals surface area contributed by atoms with Gasteiger partial charge in [0.05, 0.1) is 17.0 Å². The SMILES string of the molecule is Cc1cc(OC(=O)c2ccn3c(CSC(C)C)nnc3c2Cl)n(C)n1. The van der Waals surface area contributed by atoms with Gasteiger partial charge >= 0.3 is 5.97 Å². The van der Waals surface area contributed by atoms with Crippen molar-refractivity contribution in [2.45, 2.75) is 31.8 Å². The summed E-state index contributed by atoms with van der Waals surface area (Å²) in [6.07, 6.45) is 1.74. The number of nitrogens with zero attached hydrogens (tertiary/aromatic N) is 5. The molecule has 0 aliphatic heterocycles. The smallest absolute Gasteiger partial charge is 0.346 e. The van der Waals surface area contributed by atoms with E-state index in [0.717, 1.165) is 11.5 Å². The summed E-state index contributed by atoms with van der Waals surface area (Å²) < 4.78 is 8.68. The fraction of sp³-hybridized carbons (Fsp3) is 0.375. The van der Waals surface area contributed by atoms with Crippen LogP contribution in [0.1, 0.15) is 35.7 Å². The predicted octanol–water partition coefficient (Wildman–Crippen LogP) is 3.29. The van der Waals surface area contributed by atoms with E-state index in [-0.39, 0.29) is 10.6 Å². The molecule has 9 heteroatoms. The Morgan fingerprint density at radius 2 is 2.16 bits per heavy atom. The molecule has 0 aromatic carbocycles.